The molecule has 2 aromatic carbocycles. The number of hydrogen-bond donors (Lipinski definition) is 3. The first-order valence-corrected chi connectivity index (χ1v) is 6.88. The molecular formula is C14H9BrClNO4. The van der Waals surface area contributed by atoms with Gasteiger partial charge < -0.3 is 15.5 Å². The second-order valence-corrected chi connectivity index (χ2v) is 5.41. The summed E-state index contributed by atoms with van der Waals surface area (Å²) in [7, 11) is 0. The van der Waals surface area contributed by atoms with Gasteiger partial charge >= 0.3 is 5.97 Å². The molecule has 1 amide bonds. The Morgan fingerprint density at radius 3 is 2.48 bits per heavy atom. The van der Waals surface area contributed by atoms with Crippen molar-refractivity contribution in [2.75, 3.05) is 5.32 Å². The van der Waals surface area contributed by atoms with Gasteiger partial charge in [0.25, 0.3) is 5.91 Å². The monoisotopic (exact) mass is 369 g/mol. The number of rotatable bonds is 3. The van der Waals surface area contributed by atoms with Gasteiger partial charge in [0.2, 0.25) is 0 Å². The summed E-state index contributed by atoms with van der Waals surface area (Å²) >= 11 is 9.08. The smallest absolute Gasteiger partial charge is 0.339 e. The van der Waals surface area contributed by atoms with E-state index in [4.69, 9.17) is 16.7 Å². The molecule has 0 spiro atoms. The zero-order valence-corrected chi connectivity index (χ0v) is 12.8. The molecule has 0 bridgehead atoms. The number of aromatic carboxylic acids is 1. The summed E-state index contributed by atoms with van der Waals surface area (Å²) in [5.74, 6) is -2.11. The van der Waals surface area contributed by atoms with Gasteiger partial charge in [-0.2, -0.15) is 0 Å². The highest BCUT2D eigenvalue weighted by atomic mass is 79.9. The van der Waals surface area contributed by atoms with Gasteiger partial charge in [-0.05, 0) is 52.3 Å². The lowest BCUT2D eigenvalue weighted by Gasteiger charge is -2.09. The maximum Gasteiger partial charge on any atom is 0.339 e. The van der Waals surface area contributed by atoms with Crippen molar-refractivity contribution >= 4 is 45.1 Å². The van der Waals surface area contributed by atoms with Gasteiger partial charge in [0, 0.05) is 15.2 Å². The number of anilines is 1. The predicted molar refractivity (Wildman–Crippen MR) is 82.2 cm³/mol. The lowest BCUT2D eigenvalue weighted by atomic mass is 10.1. The summed E-state index contributed by atoms with van der Waals surface area (Å²) in [6.45, 7) is 0. The van der Waals surface area contributed by atoms with Gasteiger partial charge in [-0.1, -0.05) is 11.6 Å². The van der Waals surface area contributed by atoms with E-state index in [9.17, 15) is 14.7 Å². The lowest BCUT2D eigenvalue weighted by Crippen LogP contribution is -2.13. The standard InChI is InChI=1S/C14H9BrClNO4/c15-11-3-1-7(16)5-9(11)13(19)17-8-2-4-12(18)10(6-8)14(20)21/h1-6,18H,(H,17,19)(H,20,21). The molecule has 21 heavy (non-hydrogen) atoms. The van der Waals surface area contributed by atoms with Crippen LogP contribution in [0.1, 0.15) is 20.7 Å². The van der Waals surface area contributed by atoms with Crippen LogP contribution in [0.4, 0.5) is 5.69 Å². The van der Waals surface area contributed by atoms with Crippen LogP contribution < -0.4 is 5.32 Å². The Kier molecular flexibility index (Phi) is 4.50. The number of halogens is 2. The summed E-state index contributed by atoms with van der Waals surface area (Å²) in [5, 5.41) is 21.3. The van der Waals surface area contributed by atoms with Crippen LogP contribution >= 0.6 is 27.5 Å². The summed E-state index contributed by atoms with van der Waals surface area (Å²) in [4.78, 5) is 23.1. The molecule has 0 fully saturated rings. The van der Waals surface area contributed by atoms with E-state index < -0.39 is 11.9 Å². The van der Waals surface area contributed by atoms with Crippen LogP contribution in [-0.4, -0.2) is 22.1 Å². The summed E-state index contributed by atoms with van der Waals surface area (Å²) in [5.41, 5.74) is 0.271. The normalized spacial score (nSPS) is 10.2. The Balaban J connectivity index is 2.29. The largest absolute Gasteiger partial charge is 0.507 e. The highest BCUT2D eigenvalue weighted by Gasteiger charge is 2.14. The van der Waals surface area contributed by atoms with Gasteiger partial charge in [-0.3, -0.25) is 4.79 Å². The molecule has 3 N–H and O–H groups in total. The average molecular weight is 371 g/mol. The van der Waals surface area contributed by atoms with Crippen molar-refractivity contribution in [3.8, 4) is 5.75 Å². The molecule has 0 atom stereocenters. The van der Waals surface area contributed by atoms with Crippen molar-refractivity contribution in [3.05, 3.63) is 57.0 Å². The fraction of sp³-hybridized carbons (Fsp3) is 0. The molecule has 7 heteroatoms. The second kappa shape index (κ2) is 6.15. The van der Waals surface area contributed by atoms with Crippen molar-refractivity contribution < 1.29 is 19.8 Å². The molecule has 0 radical (unpaired) electrons. The van der Waals surface area contributed by atoms with Gasteiger partial charge in [-0.15, -0.1) is 0 Å². The molecule has 108 valence electrons. The number of aromatic hydroxyl groups is 1. The zero-order chi connectivity index (χ0) is 15.6. The first kappa shape index (κ1) is 15.3. The van der Waals surface area contributed by atoms with Gasteiger partial charge in [0.05, 0.1) is 5.56 Å². The van der Waals surface area contributed by atoms with E-state index in [1.54, 1.807) is 12.1 Å². The number of nitrogens with one attached hydrogen (secondary N) is 1. The molecule has 0 aliphatic carbocycles. The third-order valence-corrected chi connectivity index (χ3v) is 3.58. The van der Waals surface area contributed by atoms with Crippen molar-refractivity contribution in [2.45, 2.75) is 0 Å². The first-order chi connectivity index (χ1) is 9.88. The third kappa shape index (κ3) is 3.53. The number of phenols is 1. The molecular weight excluding hydrogens is 362 g/mol. The summed E-state index contributed by atoms with van der Waals surface area (Å²) in [6.07, 6.45) is 0. The molecule has 0 aliphatic heterocycles. The third-order valence-electron chi connectivity index (χ3n) is 2.66. The van der Waals surface area contributed by atoms with E-state index in [1.807, 2.05) is 0 Å². The predicted octanol–water partition coefficient (Wildman–Crippen LogP) is 3.76. The SMILES string of the molecule is O=C(O)c1cc(NC(=O)c2cc(Cl)ccc2Br)ccc1O. The number of amides is 1. The number of carbonyl (C=O) groups is 2. The lowest BCUT2D eigenvalue weighted by molar-refractivity contribution is 0.0693. The number of carboxylic acids is 1. The first-order valence-electron chi connectivity index (χ1n) is 5.71. The minimum Gasteiger partial charge on any atom is -0.507 e. The second-order valence-electron chi connectivity index (χ2n) is 4.12. The van der Waals surface area contributed by atoms with Crippen molar-refractivity contribution in [3.63, 3.8) is 0 Å². The van der Waals surface area contributed by atoms with Crippen LogP contribution in [0.2, 0.25) is 5.02 Å². The fourth-order valence-corrected chi connectivity index (χ4v) is 2.25. The van der Waals surface area contributed by atoms with Crippen LogP contribution in [0.25, 0.3) is 0 Å². The zero-order valence-electron chi connectivity index (χ0n) is 10.4. The van der Waals surface area contributed by atoms with E-state index in [2.05, 4.69) is 21.2 Å². The Morgan fingerprint density at radius 2 is 1.81 bits per heavy atom. The maximum atomic E-state index is 12.1. The van der Waals surface area contributed by atoms with Gasteiger partial charge in [0.1, 0.15) is 11.3 Å². The number of carboxylic acid groups (broad SMARTS) is 1. The van der Waals surface area contributed by atoms with E-state index in [-0.39, 0.29) is 17.0 Å². The minimum absolute atomic E-state index is 0.252. The van der Waals surface area contributed by atoms with Crippen LogP contribution in [0.5, 0.6) is 5.75 Å². The van der Waals surface area contributed by atoms with Crippen molar-refractivity contribution in [1.82, 2.24) is 0 Å². The van der Waals surface area contributed by atoms with E-state index >= 15 is 0 Å². The van der Waals surface area contributed by atoms with Crippen LogP contribution in [0.3, 0.4) is 0 Å². The van der Waals surface area contributed by atoms with Crippen molar-refractivity contribution in [2.24, 2.45) is 0 Å². The molecule has 0 unspecified atom stereocenters. The highest BCUT2D eigenvalue weighted by molar-refractivity contribution is 9.10. The van der Waals surface area contributed by atoms with E-state index in [1.165, 1.54) is 24.3 Å². The van der Waals surface area contributed by atoms with Crippen molar-refractivity contribution in [1.29, 1.82) is 0 Å². The average Bonchev–Trinajstić information content (AvgIpc) is 2.43. The number of hydrogen-bond acceptors (Lipinski definition) is 3. The minimum atomic E-state index is -1.28. The Hall–Kier alpha value is -2.05. The number of benzene rings is 2. The topological polar surface area (TPSA) is 86.6 Å². The molecule has 5 nitrogen and oxygen atoms in total. The fourth-order valence-electron chi connectivity index (χ4n) is 1.66. The molecule has 0 saturated heterocycles. The van der Waals surface area contributed by atoms with Gasteiger partial charge in [-0.25, -0.2) is 4.79 Å². The number of carbonyl (C=O) groups excluding carboxylic acids is 1. The Labute approximate surface area is 133 Å². The van der Waals surface area contributed by atoms with E-state index in [0.29, 0.717) is 15.1 Å². The summed E-state index contributed by atoms with van der Waals surface area (Å²) in [6, 6.07) is 8.53. The highest BCUT2D eigenvalue weighted by Crippen LogP contribution is 2.24. The van der Waals surface area contributed by atoms with Gasteiger partial charge in [0.15, 0.2) is 0 Å². The van der Waals surface area contributed by atoms with Crippen LogP contribution in [0, 0.1) is 0 Å². The molecule has 0 aliphatic rings. The molecule has 2 aromatic rings. The molecule has 0 saturated carbocycles. The quantitative estimate of drug-likeness (QED) is 0.718. The summed E-state index contributed by atoms with van der Waals surface area (Å²) < 4.78 is 0.557. The maximum absolute atomic E-state index is 12.1. The molecule has 0 heterocycles. The molecule has 0 aromatic heterocycles. The van der Waals surface area contributed by atoms with Crippen LogP contribution in [0.15, 0.2) is 40.9 Å². The Morgan fingerprint density at radius 1 is 1.10 bits per heavy atom. The molecule has 2 rings (SSSR count). The van der Waals surface area contributed by atoms with E-state index in [0.717, 1.165) is 0 Å². The van der Waals surface area contributed by atoms with Crippen LogP contribution in [-0.2, 0) is 0 Å². The Bertz CT molecular complexity index is 733.